The van der Waals surface area contributed by atoms with E-state index in [0.717, 1.165) is 0 Å². The highest BCUT2D eigenvalue weighted by atomic mass is 16.9. The molecule has 0 amide bonds. The minimum absolute atomic E-state index is 1.11. The zero-order valence-electron chi connectivity index (χ0n) is 46.6. The summed E-state index contributed by atoms with van der Waals surface area (Å²) in [5, 5.41) is 277. The van der Waals surface area contributed by atoms with Crippen LogP contribution in [0.25, 0.3) is 0 Å². The van der Waals surface area contributed by atoms with Gasteiger partial charge in [-0.2, -0.15) is 0 Å². The van der Waals surface area contributed by atoms with Gasteiger partial charge in [0.15, 0.2) is 62.3 Å². The van der Waals surface area contributed by atoms with Gasteiger partial charge < -0.3 is 203 Å². The predicted molar refractivity (Wildman–Crippen MR) is 262 cm³/mol. The van der Waals surface area contributed by atoms with E-state index in [2.05, 4.69) is 0 Å². The van der Waals surface area contributed by atoms with E-state index in [1.165, 1.54) is 0 Å². The van der Waals surface area contributed by atoms with Crippen LogP contribution in [0.15, 0.2) is 0 Å². The zero-order chi connectivity index (χ0) is 65.9. The highest BCUT2D eigenvalue weighted by Gasteiger charge is 2.63. The molecule has 6 unspecified atom stereocenters. The maximum absolute atomic E-state index is 14.0. The fourth-order valence-electron chi connectivity index (χ4n) is 11.8. The van der Waals surface area contributed by atoms with Gasteiger partial charge in [0.05, 0.1) is 46.2 Å². The summed E-state index contributed by atoms with van der Waals surface area (Å²) in [5.41, 5.74) is 0. The molecule has 42 nitrogen and oxygen atoms in total. The SMILES string of the molecule is O=C(O[C@@H]1[C@@H](O)[C@H]2O[C@@H]3[C@H](OC4(O)O[C@H](CO)[C@@H](O)[C@H](O)[C@H]4O)[C@@H](O)[C@@H](O[C@H]4[C@H](O)[C@@H](O)[C@@H](O[C@H]5[C@H](O)[C@@H](O)[C@@H](O[C@H]6[C@H](O)[C@@H](O)[C@@H](O[C@H]7[C@H](O)[C@@H](O)[C@@H](O[C@H]1[C@@H](CO)O2)O[C@@H]7CO)O[C@@H]6CO)O[C@@H]5CO)O[C@@H]4CO)O[C@@H]3CO)C1OC(O)C(O)C(O)C1O. The van der Waals surface area contributed by atoms with E-state index < -0.39 is 298 Å². The van der Waals surface area contributed by atoms with Gasteiger partial charge in [0.25, 0.3) is 0 Å². The van der Waals surface area contributed by atoms with Crippen molar-refractivity contribution in [3.63, 3.8) is 0 Å². The van der Waals surface area contributed by atoms with E-state index in [1.54, 1.807) is 0 Å². The molecule has 90 heavy (non-hydrogen) atoms. The van der Waals surface area contributed by atoms with Crippen LogP contribution in [0, 0.1) is 0 Å². The number of esters is 1. The fourth-order valence-corrected chi connectivity index (χ4v) is 11.8. The summed E-state index contributed by atoms with van der Waals surface area (Å²) >= 11 is 0. The Morgan fingerprint density at radius 3 is 0.944 bits per heavy atom. The van der Waals surface area contributed by atoms with Gasteiger partial charge in [-0.15, -0.1) is 0 Å². The van der Waals surface area contributed by atoms with Crippen molar-refractivity contribution in [2.45, 2.75) is 245 Å². The molecular formula is C48H78O42. The van der Waals surface area contributed by atoms with Crippen LogP contribution in [0.4, 0.5) is 0 Å². The van der Waals surface area contributed by atoms with Gasteiger partial charge in [-0.3, -0.25) is 0 Å². The Hall–Kier alpha value is -2.13. The van der Waals surface area contributed by atoms with Crippen molar-refractivity contribution < 1.29 is 208 Å². The van der Waals surface area contributed by atoms with Crippen molar-refractivity contribution in [3.05, 3.63) is 0 Å². The first-order valence-corrected chi connectivity index (χ1v) is 28.2. The third kappa shape index (κ3) is 13.8. The maximum atomic E-state index is 14.0. The molecule has 0 aromatic rings. The Labute approximate surface area is 505 Å². The molecule has 24 heterocycles. The molecule has 24 rings (SSSR count). The van der Waals surface area contributed by atoms with Crippen molar-refractivity contribution >= 4 is 5.97 Å². The highest BCUT2D eigenvalue weighted by Crippen LogP contribution is 2.42. The molecule has 0 aromatic heterocycles. The summed E-state index contributed by atoms with van der Waals surface area (Å²) < 4.78 is 91.0. The number of carbonyl (C=O) groups excluding carboxylic acids is 1. The van der Waals surface area contributed by atoms with Crippen LogP contribution in [0.2, 0.25) is 0 Å². The van der Waals surface area contributed by atoms with E-state index >= 15 is 0 Å². The molecule has 24 aliphatic heterocycles. The number of aliphatic hydroxyl groups excluding tert-OH is 24. The maximum Gasteiger partial charge on any atom is 0.338 e. The van der Waals surface area contributed by atoms with E-state index in [9.17, 15) is 132 Å². The first kappa shape index (κ1) is 72.1. The normalized spacial score (nSPS) is 54.9. The number of hydrogen-bond acceptors (Lipinski definition) is 42. The van der Waals surface area contributed by atoms with Crippen LogP contribution < -0.4 is 0 Å². The summed E-state index contributed by atoms with van der Waals surface area (Å²) in [6.45, 7) is -8.59. The van der Waals surface area contributed by atoms with Crippen LogP contribution in [-0.4, -0.2) is 425 Å². The third-order valence-electron chi connectivity index (χ3n) is 16.9. The second-order valence-electron chi connectivity index (χ2n) is 22.7. The van der Waals surface area contributed by atoms with Crippen LogP contribution in [0.5, 0.6) is 0 Å². The molecule has 0 aliphatic carbocycles. The second kappa shape index (κ2) is 29.7. The summed E-state index contributed by atoms with van der Waals surface area (Å²) in [4.78, 5) is 14.0. The minimum atomic E-state index is -3.71. The monoisotopic (exact) mass is 1330 g/mol. The molecule has 522 valence electrons. The molecule has 24 fully saturated rings. The number of ether oxygens (including phenoxy) is 16. The molecular weight excluding hydrogens is 1250 g/mol. The molecule has 0 aromatic carbocycles. The van der Waals surface area contributed by atoms with Crippen molar-refractivity contribution in [2.24, 2.45) is 0 Å². The van der Waals surface area contributed by atoms with Crippen molar-refractivity contribution in [3.8, 4) is 0 Å². The molecule has 25 N–H and O–H groups in total. The molecule has 0 saturated carbocycles. The lowest BCUT2D eigenvalue weighted by molar-refractivity contribution is -0.480. The minimum Gasteiger partial charge on any atom is -0.454 e. The predicted octanol–water partition coefficient (Wildman–Crippen LogP) is -18.6. The van der Waals surface area contributed by atoms with E-state index in [-0.39, 0.29) is 0 Å². The molecule has 0 spiro atoms. The van der Waals surface area contributed by atoms with Crippen molar-refractivity contribution in [1.29, 1.82) is 0 Å². The standard InChI is InChI=1S/C48H78O42/c49-1-8-15(56)22(63)39(71)48(74,89-8)90-37-29(70)47-80-14(7-55)35(37)88-46-28(69)36(81-41(73)38-17(58)16(57)23(64)40(72)82-38)34(13(6-54)79-46)87-45-27(68)21(62)32(11(4-52)78-45)85-43-25(66)19(60)30(9(2-50)76-43)83-42-24(65)18(59)31(10(3-51)75-42)84-44-26(67)20(61)33(86-47)12(5-53)77-44/h8-40,42-47,49-72,74H,1-7H2/t8-,9-,10-,11-,12-,13-,14-,15-,16?,17?,18-,19-,20-,21-,22+,23?,24-,25-,26-,27-,28-,29-,30-,31-,32-,33-,34+,35+,36-,37-,38?,39-,40?,42-,43-,44-,45-,46-,47-,48?/m1/s1. The Bertz CT molecular complexity index is 2280. The van der Waals surface area contributed by atoms with Crippen molar-refractivity contribution in [2.75, 3.05) is 46.2 Å². The lowest BCUT2D eigenvalue weighted by Crippen LogP contribution is -2.72. The molecule has 40 atom stereocenters. The highest BCUT2D eigenvalue weighted by molar-refractivity contribution is 5.76. The first-order chi connectivity index (χ1) is 42.6. The molecule has 42 heteroatoms. The largest absolute Gasteiger partial charge is 0.454 e. The fraction of sp³-hybridized carbons (Fsp3) is 0.979. The Balaban J connectivity index is 1.11. The summed E-state index contributed by atoms with van der Waals surface area (Å²) in [6.07, 6.45) is -89.0. The molecule has 24 saturated heterocycles. The van der Waals surface area contributed by atoms with Crippen LogP contribution in [0.1, 0.15) is 0 Å². The van der Waals surface area contributed by atoms with Crippen LogP contribution in [-0.2, 0) is 80.6 Å². The molecule has 12 bridgehead atoms. The smallest absolute Gasteiger partial charge is 0.338 e. The second-order valence-corrected chi connectivity index (χ2v) is 22.7. The zero-order valence-corrected chi connectivity index (χ0v) is 46.6. The number of rotatable bonds is 11. The van der Waals surface area contributed by atoms with Crippen LogP contribution in [0.3, 0.4) is 0 Å². The molecule has 0 radical (unpaired) electrons. The van der Waals surface area contributed by atoms with Gasteiger partial charge in [-0.25, -0.2) is 4.79 Å². The summed E-state index contributed by atoms with van der Waals surface area (Å²) in [7, 11) is 0. The van der Waals surface area contributed by atoms with Gasteiger partial charge in [-0.1, -0.05) is 0 Å². The Kier molecular flexibility index (Phi) is 23.8. The average Bonchev–Trinajstić information content (AvgIpc) is 0.881. The first-order valence-electron chi connectivity index (χ1n) is 28.2. The number of aliphatic hydroxyl groups is 25. The van der Waals surface area contributed by atoms with Gasteiger partial charge in [0, 0.05) is 0 Å². The quantitative estimate of drug-likeness (QED) is 0.0675. The average molecular weight is 1330 g/mol. The van der Waals surface area contributed by atoms with E-state index in [1.807, 2.05) is 0 Å². The molecule has 24 aliphatic rings. The number of carbonyl (C=O) groups is 1. The van der Waals surface area contributed by atoms with Crippen molar-refractivity contribution in [1.82, 2.24) is 0 Å². The lowest BCUT2D eigenvalue weighted by Gasteiger charge is -2.52. The van der Waals surface area contributed by atoms with Gasteiger partial charge in [0.2, 0.25) is 0 Å². The Morgan fingerprint density at radius 1 is 0.300 bits per heavy atom. The topological polar surface area (TPSA) is 671 Å². The van der Waals surface area contributed by atoms with E-state index in [0.29, 0.717) is 0 Å². The summed E-state index contributed by atoms with van der Waals surface area (Å²) in [6, 6.07) is 0. The summed E-state index contributed by atoms with van der Waals surface area (Å²) in [5.74, 6) is -5.55. The third-order valence-corrected chi connectivity index (χ3v) is 16.9. The van der Waals surface area contributed by atoms with Gasteiger partial charge >= 0.3 is 11.9 Å². The van der Waals surface area contributed by atoms with E-state index in [4.69, 9.17) is 75.8 Å². The van der Waals surface area contributed by atoms with Gasteiger partial charge in [-0.05, 0) is 0 Å². The van der Waals surface area contributed by atoms with Crippen LogP contribution >= 0.6 is 0 Å². The lowest BCUT2D eigenvalue weighted by atomic mass is 9.94. The Morgan fingerprint density at radius 2 is 0.600 bits per heavy atom. The number of hydrogen-bond donors (Lipinski definition) is 25. The van der Waals surface area contributed by atoms with Gasteiger partial charge in [0.1, 0.15) is 177 Å².